The van der Waals surface area contributed by atoms with E-state index in [-0.39, 0.29) is 10.1 Å². The smallest absolute Gasteiger partial charge is 0.261 e. The van der Waals surface area contributed by atoms with Gasteiger partial charge in [-0.15, -0.1) is 24.7 Å². The van der Waals surface area contributed by atoms with Crippen molar-refractivity contribution in [2.24, 2.45) is 5.41 Å². The zero-order valence-electron chi connectivity index (χ0n) is 27.8. The summed E-state index contributed by atoms with van der Waals surface area (Å²) in [6, 6.07) is 42.9. The Hall–Kier alpha value is -3.65. The highest BCUT2D eigenvalue weighted by atomic mass is 28.4. The van der Waals surface area contributed by atoms with Gasteiger partial charge in [0.1, 0.15) is 0 Å². The average molecular weight is 629 g/mol. The van der Waals surface area contributed by atoms with Gasteiger partial charge in [0, 0.05) is 31.5 Å². The third-order valence-electron chi connectivity index (χ3n) is 8.98. The third-order valence-corrected chi connectivity index (χ3v) is 18.9. The molecule has 0 amide bonds. The van der Waals surface area contributed by atoms with Crippen LogP contribution in [0.1, 0.15) is 54.4 Å². The van der Waals surface area contributed by atoms with Crippen LogP contribution in [-0.4, -0.2) is 29.8 Å². The zero-order chi connectivity index (χ0) is 32.6. The summed E-state index contributed by atoms with van der Waals surface area (Å²) in [4.78, 5) is 0. The second-order valence-corrected chi connectivity index (χ2v) is 22.8. The SMILES string of the molecule is C#CCC(CC#C)(CO[Si](c1ccccc1)(c1ccccc1)C(C)(C)C)CO[Si](c1ccccc1)(c1ccccc1)C(C)(C)C. The number of rotatable bonds is 12. The lowest BCUT2D eigenvalue weighted by atomic mass is 9.83. The lowest BCUT2D eigenvalue weighted by Gasteiger charge is -2.47. The van der Waals surface area contributed by atoms with Gasteiger partial charge in [-0.05, 0) is 30.8 Å². The molecule has 2 nitrogen and oxygen atoms in total. The highest BCUT2D eigenvalue weighted by Gasteiger charge is 2.53. The van der Waals surface area contributed by atoms with Gasteiger partial charge in [-0.25, -0.2) is 0 Å². The van der Waals surface area contributed by atoms with Crippen LogP contribution in [0, 0.1) is 30.1 Å². The Morgan fingerprint density at radius 2 is 0.711 bits per heavy atom. The fraction of sp³-hybridized carbons (Fsp3) is 0.317. The molecule has 0 radical (unpaired) electrons. The molecule has 0 saturated heterocycles. The molecule has 0 N–H and O–H groups in total. The molecule has 0 saturated carbocycles. The van der Waals surface area contributed by atoms with E-state index in [0.29, 0.717) is 26.1 Å². The lowest BCUT2D eigenvalue weighted by molar-refractivity contribution is 0.0767. The van der Waals surface area contributed by atoms with E-state index in [0.717, 1.165) is 0 Å². The number of hydrogen-bond acceptors (Lipinski definition) is 2. The van der Waals surface area contributed by atoms with E-state index in [4.69, 9.17) is 21.7 Å². The Bertz CT molecular complexity index is 1370. The fourth-order valence-corrected chi connectivity index (χ4v) is 16.1. The van der Waals surface area contributed by atoms with Crippen LogP contribution in [-0.2, 0) is 8.85 Å². The van der Waals surface area contributed by atoms with Gasteiger partial charge in [0.25, 0.3) is 16.6 Å². The molecule has 4 aromatic carbocycles. The first-order chi connectivity index (χ1) is 21.5. The molecular formula is C41H48O2Si2. The van der Waals surface area contributed by atoms with E-state index in [1.165, 1.54) is 20.7 Å². The molecule has 0 fully saturated rings. The average Bonchev–Trinajstić information content (AvgIpc) is 3.03. The van der Waals surface area contributed by atoms with E-state index >= 15 is 0 Å². The van der Waals surface area contributed by atoms with Crippen molar-refractivity contribution in [3.05, 3.63) is 121 Å². The summed E-state index contributed by atoms with van der Waals surface area (Å²) in [5.74, 6) is 5.96. The van der Waals surface area contributed by atoms with Crippen molar-refractivity contribution >= 4 is 37.4 Å². The van der Waals surface area contributed by atoms with E-state index in [1.807, 2.05) is 0 Å². The molecule has 0 bridgehead atoms. The molecule has 0 aliphatic heterocycles. The summed E-state index contributed by atoms with van der Waals surface area (Å²) in [6.07, 6.45) is 13.2. The Kier molecular flexibility index (Phi) is 10.8. The molecule has 0 spiro atoms. The van der Waals surface area contributed by atoms with Gasteiger partial charge in [0.15, 0.2) is 0 Å². The summed E-state index contributed by atoms with van der Waals surface area (Å²) < 4.78 is 15.0. The maximum absolute atomic E-state index is 7.48. The Labute approximate surface area is 274 Å². The van der Waals surface area contributed by atoms with Crippen molar-refractivity contribution in [1.29, 1.82) is 0 Å². The highest BCUT2D eigenvalue weighted by Crippen LogP contribution is 2.41. The van der Waals surface area contributed by atoms with Crippen molar-refractivity contribution in [2.75, 3.05) is 13.2 Å². The van der Waals surface area contributed by atoms with Crippen molar-refractivity contribution in [3.63, 3.8) is 0 Å². The van der Waals surface area contributed by atoms with Crippen molar-refractivity contribution in [2.45, 2.75) is 64.5 Å². The second kappa shape index (κ2) is 14.2. The van der Waals surface area contributed by atoms with E-state index < -0.39 is 22.0 Å². The van der Waals surface area contributed by atoms with Crippen molar-refractivity contribution in [1.82, 2.24) is 0 Å². The monoisotopic (exact) mass is 628 g/mol. The quantitative estimate of drug-likeness (QED) is 0.122. The second-order valence-electron chi connectivity index (χ2n) is 14.2. The van der Waals surface area contributed by atoms with Crippen LogP contribution in [0.25, 0.3) is 0 Å². The molecule has 45 heavy (non-hydrogen) atoms. The molecule has 4 rings (SSSR count). The highest BCUT2D eigenvalue weighted by molar-refractivity contribution is 7.00. The van der Waals surface area contributed by atoms with Crippen molar-refractivity contribution in [3.8, 4) is 24.7 Å². The predicted molar refractivity (Wildman–Crippen MR) is 196 cm³/mol. The van der Waals surface area contributed by atoms with Gasteiger partial charge in [0.05, 0.1) is 0 Å². The van der Waals surface area contributed by atoms with Crippen LogP contribution in [0.15, 0.2) is 121 Å². The van der Waals surface area contributed by atoms with Crippen LogP contribution in [0.3, 0.4) is 0 Å². The molecular weight excluding hydrogens is 581 g/mol. The molecule has 0 atom stereocenters. The Morgan fingerprint density at radius 3 is 0.911 bits per heavy atom. The maximum atomic E-state index is 7.48. The normalized spacial score (nSPS) is 12.7. The molecule has 0 unspecified atom stereocenters. The standard InChI is InChI=1S/C41H48O2Si2/c1-9-31-41(32-10-2,33-42-44(39(3,4)5,35-23-15-11-16-24-35)36-25-17-12-18-26-36)34-43-45(40(6,7)8,37-27-19-13-20-28-37)38-29-21-14-22-30-38/h1-2,11-30H,31-34H2,3-8H3. The van der Waals surface area contributed by atoms with Crippen LogP contribution in [0.2, 0.25) is 10.1 Å². The number of terminal acetylenes is 2. The summed E-state index contributed by atoms with van der Waals surface area (Å²) >= 11 is 0. The lowest BCUT2D eigenvalue weighted by Crippen LogP contribution is -2.68. The first kappa shape index (κ1) is 34.2. The minimum absolute atomic E-state index is 0.174. The van der Waals surface area contributed by atoms with Gasteiger partial charge in [0.2, 0.25) is 0 Å². The molecule has 0 aliphatic carbocycles. The minimum atomic E-state index is -2.84. The molecule has 4 aromatic rings. The summed E-state index contributed by atoms with van der Waals surface area (Å²) in [5.41, 5.74) is -0.580. The zero-order valence-corrected chi connectivity index (χ0v) is 29.8. The third kappa shape index (κ3) is 6.96. The van der Waals surface area contributed by atoms with Crippen molar-refractivity contribution < 1.29 is 8.85 Å². The first-order valence-corrected chi connectivity index (χ1v) is 19.6. The minimum Gasteiger partial charge on any atom is -0.407 e. The van der Waals surface area contributed by atoms with E-state index in [1.54, 1.807) is 0 Å². The van der Waals surface area contributed by atoms with E-state index in [2.05, 4.69) is 175 Å². The largest absolute Gasteiger partial charge is 0.407 e. The predicted octanol–water partition coefficient (Wildman–Crippen LogP) is 7.17. The van der Waals surface area contributed by atoms with Gasteiger partial charge >= 0.3 is 0 Å². The Morgan fingerprint density at radius 1 is 0.467 bits per heavy atom. The summed E-state index contributed by atoms with van der Waals surface area (Å²) in [5, 5.41) is 4.57. The first-order valence-electron chi connectivity index (χ1n) is 15.8. The number of benzene rings is 4. The van der Waals surface area contributed by atoms with Gasteiger partial charge in [-0.3, -0.25) is 0 Å². The van der Waals surface area contributed by atoms with Gasteiger partial charge < -0.3 is 8.85 Å². The summed E-state index contributed by atoms with van der Waals surface area (Å²) in [6.45, 7) is 14.6. The molecule has 0 aromatic heterocycles. The molecule has 4 heteroatoms. The van der Waals surface area contributed by atoms with Crippen LogP contribution >= 0.6 is 0 Å². The van der Waals surface area contributed by atoms with Gasteiger partial charge in [-0.1, -0.05) is 163 Å². The van der Waals surface area contributed by atoms with Crippen LogP contribution < -0.4 is 20.7 Å². The molecule has 0 heterocycles. The van der Waals surface area contributed by atoms with Gasteiger partial charge in [-0.2, -0.15) is 0 Å². The Balaban J connectivity index is 1.85. The van der Waals surface area contributed by atoms with Crippen LogP contribution in [0.4, 0.5) is 0 Å². The number of hydrogen-bond donors (Lipinski definition) is 0. The fourth-order valence-electron chi connectivity index (χ4n) is 6.79. The van der Waals surface area contributed by atoms with Crippen LogP contribution in [0.5, 0.6) is 0 Å². The summed E-state index contributed by atoms with van der Waals surface area (Å²) in [7, 11) is -5.68. The molecule has 0 aliphatic rings. The topological polar surface area (TPSA) is 18.5 Å². The van der Waals surface area contributed by atoms with E-state index in [9.17, 15) is 0 Å². The molecule has 232 valence electrons. The maximum Gasteiger partial charge on any atom is 0.261 e.